The molecule has 1 aromatic heterocycles. The second-order valence-electron chi connectivity index (χ2n) is 16.0. The van der Waals surface area contributed by atoms with Crippen molar-refractivity contribution in [2.24, 2.45) is 0 Å². The predicted octanol–water partition coefficient (Wildman–Crippen LogP) is 15.0. The minimum Gasteiger partial charge on any atom is -0.457 e. The second kappa shape index (κ2) is 12.6. The van der Waals surface area contributed by atoms with Crippen LogP contribution in [0.4, 0.5) is 17.1 Å². The molecule has 10 aromatic carbocycles. The van der Waals surface area contributed by atoms with Gasteiger partial charge in [0.05, 0.1) is 22.1 Å². The fourth-order valence-corrected chi connectivity index (χ4v) is 10.6. The highest BCUT2D eigenvalue weighted by atomic mass is 16.5. The number of aromatic nitrogens is 1. The summed E-state index contributed by atoms with van der Waals surface area (Å²) in [6.07, 6.45) is 0. The molecule has 1 unspecified atom stereocenters. The first-order chi connectivity index (χ1) is 29.8. The Morgan fingerprint density at radius 1 is 0.383 bits per heavy atom. The fourth-order valence-electron chi connectivity index (χ4n) is 10.6. The van der Waals surface area contributed by atoms with E-state index in [0.717, 1.165) is 45.4 Å². The molecule has 1 spiro atoms. The SMILES string of the molecule is c1ccc(-n2c3ccccc3c3cc(N(c4ccc5c(c4)Oc4ccccc4C54c5ccccc5-c5cccc6cccc4c56)c4cccc5ccccc45)ccc32)cc1. The lowest BCUT2D eigenvalue weighted by Gasteiger charge is -2.45. The van der Waals surface area contributed by atoms with Gasteiger partial charge in [0.1, 0.15) is 11.5 Å². The third kappa shape index (κ3) is 4.49. The van der Waals surface area contributed by atoms with Crippen LogP contribution < -0.4 is 9.64 Å². The first kappa shape index (κ1) is 33.1. The number of benzene rings is 10. The summed E-state index contributed by atoms with van der Waals surface area (Å²) >= 11 is 0. The number of ether oxygens (including phenoxy) is 1. The molecule has 1 atom stereocenters. The van der Waals surface area contributed by atoms with E-state index in [4.69, 9.17) is 4.74 Å². The summed E-state index contributed by atoms with van der Waals surface area (Å²) in [5.74, 6) is 1.73. The van der Waals surface area contributed by atoms with Crippen molar-refractivity contribution in [3.05, 3.63) is 241 Å². The van der Waals surface area contributed by atoms with Gasteiger partial charge < -0.3 is 14.2 Å². The van der Waals surface area contributed by atoms with E-state index in [1.54, 1.807) is 0 Å². The van der Waals surface area contributed by atoms with Gasteiger partial charge in [-0.2, -0.15) is 0 Å². The minimum absolute atomic E-state index is 0.602. The Hall–Kier alpha value is -7.88. The van der Waals surface area contributed by atoms with Gasteiger partial charge in [0, 0.05) is 50.4 Å². The summed E-state index contributed by atoms with van der Waals surface area (Å²) in [7, 11) is 0. The number of anilines is 3. The van der Waals surface area contributed by atoms with E-state index in [-0.39, 0.29) is 0 Å². The molecule has 0 fully saturated rings. The van der Waals surface area contributed by atoms with Gasteiger partial charge in [-0.25, -0.2) is 0 Å². The van der Waals surface area contributed by atoms with Gasteiger partial charge in [-0.05, 0) is 93.0 Å². The molecule has 2 heterocycles. The maximum atomic E-state index is 7.10. The van der Waals surface area contributed by atoms with E-state index < -0.39 is 5.41 Å². The van der Waals surface area contributed by atoms with E-state index >= 15 is 0 Å². The van der Waals surface area contributed by atoms with Gasteiger partial charge in [-0.15, -0.1) is 0 Å². The molecule has 0 saturated carbocycles. The van der Waals surface area contributed by atoms with E-state index in [1.807, 2.05) is 0 Å². The Morgan fingerprint density at radius 3 is 1.92 bits per heavy atom. The number of nitrogens with zero attached hydrogens (tertiary/aromatic N) is 2. The molecule has 60 heavy (non-hydrogen) atoms. The maximum absolute atomic E-state index is 7.10. The molecule has 11 aromatic rings. The number of para-hydroxylation sites is 3. The summed E-state index contributed by atoms with van der Waals surface area (Å²) in [5.41, 5.74) is 13.5. The zero-order chi connectivity index (χ0) is 39.4. The lowest BCUT2D eigenvalue weighted by Crippen LogP contribution is -2.36. The van der Waals surface area contributed by atoms with Crippen LogP contribution in [0.2, 0.25) is 0 Å². The van der Waals surface area contributed by atoms with Crippen molar-refractivity contribution in [3.63, 3.8) is 0 Å². The first-order valence-corrected chi connectivity index (χ1v) is 20.7. The smallest absolute Gasteiger partial charge is 0.134 e. The van der Waals surface area contributed by atoms with Crippen molar-refractivity contribution in [2.45, 2.75) is 5.41 Å². The molecule has 3 heteroatoms. The van der Waals surface area contributed by atoms with Gasteiger partial charge in [0.2, 0.25) is 0 Å². The van der Waals surface area contributed by atoms with Gasteiger partial charge in [-0.1, -0.05) is 158 Å². The highest BCUT2D eigenvalue weighted by molar-refractivity contribution is 6.11. The number of hydrogen-bond acceptors (Lipinski definition) is 2. The highest BCUT2D eigenvalue weighted by Gasteiger charge is 2.49. The minimum atomic E-state index is -0.602. The van der Waals surface area contributed by atoms with E-state index in [1.165, 1.54) is 65.6 Å². The molecule has 1 aliphatic heterocycles. The molecule has 3 nitrogen and oxygen atoms in total. The molecule has 1 aliphatic carbocycles. The standard InChI is InChI=1S/C57H36N2O/c1-2-19-39(20-3-1)59-52-28-10-7-23-44(52)46-35-40(32-34-53(46)59)58(51-29-14-16-37-15-4-5-21-42(37)51)41-31-33-49-55(36-41)60-54-30-11-9-26-48(54)57(49)47-25-8-6-22-43(47)45-24-12-17-38-18-13-27-50(57)56(38)45/h1-36H. The van der Waals surface area contributed by atoms with Crippen LogP contribution in [0.1, 0.15) is 22.3 Å². The topological polar surface area (TPSA) is 17.4 Å². The third-order valence-electron chi connectivity index (χ3n) is 13.0. The van der Waals surface area contributed by atoms with Gasteiger partial charge in [0.25, 0.3) is 0 Å². The van der Waals surface area contributed by atoms with Crippen LogP contribution in [0.25, 0.3) is 60.2 Å². The van der Waals surface area contributed by atoms with Crippen molar-refractivity contribution in [2.75, 3.05) is 4.90 Å². The van der Waals surface area contributed by atoms with Gasteiger partial charge in [-0.3, -0.25) is 0 Å². The van der Waals surface area contributed by atoms with E-state index in [2.05, 4.69) is 228 Å². The maximum Gasteiger partial charge on any atom is 0.134 e. The molecule has 0 N–H and O–H groups in total. The summed E-state index contributed by atoms with van der Waals surface area (Å²) < 4.78 is 9.48. The molecule has 13 rings (SSSR count). The zero-order valence-corrected chi connectivity index (χ0v) is 32.6. The van der Waals surface area contributed by atoms with Crippen molar-refractivity contribution in [1.82, 2.24) is 4.57 Å². The summed E-state index contributed by atoms with van der Waals surface area (Å²) in [5, 5.41) is 7.32. The second-order valence-corrected chi connectivity index (χ2v) is 16.0. The molecule has 0 bridgehead atoms. The Morgan fingerprint density at radius 2 is 1.00 bits per heavy atom. The van der Waals surface area contributed by atoms with Crippen molar-refractivity contribution >= 4 is 60.4 Å². The van der Waals surface area contributed by atoms with Crippen molar-refractivity contribution in [1.29, 1.82) is 0 Å². The quantitative estimate of drug-likeness (QED) is 0.178. The van der Waals surface area contributed by atoms with Crippen LogP contribution in [0.5, 0.6) is 11.5 Å². The monoisotopic (exact) mass is 764 g/mol. The summed E-state index contributed by atoms with van der Waals surface area (Å²) in [4.78, 5) is 2.41. The average molecular weight is 765 g/mol. The predicted molar refractivity (Wildman–Crippen MR) is 248 cm³/mol. The highest BCUT2D eigenvalue weighted by Crippen LogP contribution is 2.61. The van der Waals surface area contributed by atoms with Crippen LogP contribution >= 0.6 is 0 Å². The summed E-state index contributed by atoms with van der Waals surface area (Å²) in [6.45, 7) is 0. The molecule has 0 saturated heterocycles. The summed E-state index contributed by atoms with van der Waals surface area (Å²) in [6, 6.07) is 79.7. The van der Waals surface area contributed by atoms with E-state index in [0.29, 0.717) is 0 Å². The molecule has 2 aliphatic rings. The Balaban J connectivity index is 1.09. The lowest BCUT2D eigenvalue weighted by molar-refractivity contribution is 0.435. The molecule has 0 radical (unpaired) electrons. The van der Waals surface area contributed by atoms with Crippen LogP contribution in [-0.2, 0) is 5.41 Å². The van der Waals surface area contributed by atoms with Crippen molar-refractivity contribution in [3.8, 4) is 28.3 Å². The van der Waals surface area contributed by atoms with Gasteiger partial charge >= 0.3 is 0 Å². The number of fused-ring (bicyclic) bond motifs is 12. The van der Waals surface area contributed by atoms with Crippen LogP contribution in [0, 0.1) is 0 Å². The average Bonchev–Trinajstić information content (AvgIpc) is 3.64. The normalized spacial score (nSPS) is 14.9. The molecular weight excluding hydrogens is 729 g/mol. The van der Waals surface area contributed by atoms with Crippen LogP contribution in [0.3, 0.4) is 0 Å². The molecule has 0 amide bonds. The Labute approximate surface area is 347 Å². The first-order valence-electron chi connectivity index (χ1n) is 20.7. The largest absolute Gasteiger partial charge is 0.457 e. The number of rotatable bonds is 4. The Bertz CT molecular complexity index is 3540. The zero-order valence-electron chi connectivity index (χ0n) is 32.6. The number of hydrogen-bond donors (Lipinski definition) is 0. The van der Waals surface area contributed by atoms with Crippen molar-refractivity contribution < 1.29 is 4.74 Å². The third-order valence-corrected chi connectivity index (χ3v) is 13.0. The van der Waals surface area contributed by atoms with E-state index in [9.17, 15) is 0 Å². The molecular formula is C57H36N2O. The fraction of sp³-hybridized carbons (Fsp3) is 0.0175. The van der Waals surface area contributed by atoms with Gasteiger partial charge in [0.15, 0.2) is 0 Å². The van der Waals surface area contributed by atoms with Crippen LogP contribution in [0.15, 0.2) is 218 Å². The Kier molecular flexibility index (Phi) is 6.93. The van der Waals surface area contributed by atoms with Crippen LogP contribution in [-0.4, -0.2) is 4.57 Å². The molecule has 280 valence electrons. The lowest BCUT2D eigenvalue weighted by atomic mass is 9.58.